The molecule has 0 aliphatic heterocycles. The van der Waals surface area contributed by atoms with Crippen LogP contribution in [0.15, 0.2) is 73.1 Å². The van der Waals surface area contributed by atoms with Crippen molar-refractivity contribution in [2.45, 2.75) is 31.7 Å². The Bertz CT molecular complexity index is 851. The largest absolute Gasteiger partial charge is 0.341 e. The Balaban J connectivity index is 1.62. The Kier molecular flexibility index (Phi) is 4.78. The van der Waals surface area contributed by atoms with Crippen LogP contribution < -0.4 is 5.32 Å². The number of nitrogens with zero attached hydrogens (tertiary/aromatic N) is 1. The van der Waals surface area contributed by atoms with Crippen molar-refractivity contribution in [2.24, 2.45) is 0 Å². The van der Waals surface area contributed by atoms with Gasteiger partial charge in [0.25, 0.3) is 5.91 Å². The van der Waals surface area contributed by atoms with Gasteiger partial charge in [0.05, 0.1) is 6.04 Å². The van der Waals surface area contributed by atoms with Crippen molar-refractivity contribution in [1.29, 1.82) is 0 Å². The summed E-state index contributed by atoms with van der Waals surface area (Å²) in [7, 11) is 0. The van der Waals surface area contributed by atoms with Crippen LogP contribution in [0.4, 0.5) is 0 Å². The highest BCUT2D eigenvalue weighted by Gasteiger charge is 2.19. The van der Waals surface area contributed by atoms with Crippen LogP contribution in [-0.2, 0) is 12.8 Å². The molecule has 1 N–H and O–H groups in total. The molecule has 1 amide bonds. The fourth-order valence-electron chi connectivity index (χ4n) is 3.65. The lowest BCUT2D eigenvalue weighted by atomic mass is 9.90. The summed E-state index contributed by atoms with van der Waals surface area (Å²) in [6.07, 6.45) is 8.18. The number of carbonyl (C=O) groups excluding carboxylic acids is 1. The van der Waals surface area contributed by atoms with Crippen molar-refractivity contribution < 1.29 is 4.79 Å². The van der Waals surface area contributed by atoms with Crippen LogP contribution in [0, 0.1) is 0 Å². The van der Waals surface area contributed by atoms with E-state index in [1.54, 1.807) is 12.4 Å². The highest BCUT2D eigenvalue weighted by molar-refractivity contribution is 5.95. The highest BCUT2D eigenvalue weighted by Crippen LogP contribution is 2.24. The van der Waals surface area contributed by atoms with Crippen LogP contribution in [0.25, 0.3) is 0 Å². The average molecular weight is 342 g/mol. The molecule has 1 aromatic heterocycles. The smallest absolute Gasteiger partial charge is 0.252 e. The number of aromatic nitrogens is 1. The predicted molar refractivity (Wildman–Crippen MR) is 103 cm³/mol. The van der Waals surface area contributed by atoms with Gasteiger partial charge in [0.2, 0.25) is 0 Å². The molecule has 1 unspecified atom stereocenters. The van der Waals surface area contributed by atoms with Crippen LogP contribution in [0.2, 0.25) is 0 Å². The molecule has 0 fully saturated rings. The SMILES string of the molecule is O=C(NC(c1ccccc1)c1ccncc1)c1ccc2c(c1)CCCC2. The zero-order chi connectivity index (χ0) is 17.8. The third kappa shape index (κ3) is 3.52. The van der Waals surface area contributed by atoms with Crippen LogP contribution in [0.1, 0.15) is 51.5 Å². The number of nitrogens with one attached hydrogen (secondary N) is 1. The standard InChI is InChI=1S/C23H22N2O/c26-23(21-11-10-17-6-4-5-9-20(17)16-21)25-22(18-7-2-1-3-8-18)19-12-14-24-15-13-19/h1-3,7-8,10-16,22H,4-6,9H2,(H,25,26). The van der Waals surface area contributed by atoms with Gasteiger partial charge in [-0.2, -0.15) is 0 Å². The van der Waals surface area contributed by atoms with Gasteiger partial charge in [-0.15, -0.1) is 0 Å². The van der Waals surface area contributed by atoms with E-state index in [0.29, 0.717) is 0 Å². The van der Waals surface area contributed by atoms with E-state index in [4.69, 9.17) is 0 Å². The molecule has 1 aliphatic carbocycles. The van der Waals surface area contributed by atoms with Gasteiger partial charge in [-0.1, -0.05) is 36.4 Å². The molecule has 4 rings (SSSR count). The minimum absolute atomic E-state index is 0.0379. The van der Waals surface area contributed by atoms with Gasteiger partial charge in [0.1, 0.15) is 0 Å². The first kappa shape index (κ1) is 16.5. The average Bonchev–Trinajstić information content (AvgIpc) is 2.72. The number of benzene rings is 2. The molecule has 0 spiro atoms. The highest BCUT2D eigenvalue weighted by atomic mass is 16.1. The molecule has 1 heterocycles. The van der Waals surface area contributed by atoms with Crippen molar-refractivity contribution in [3.8, 4) is 0 Å². The molecule has 3 aromatic rings. The molecule has 2 aromatic carbocycles. The molecule has 3 nitrogen and oxygen atoms in total. The van der Waals surface area contributed by atoms with Gasteiger partial charge >= 0.3 is 0 Å². The van der Waals surface area contributed by atoms with Gasteiger partial charge < -0.3 is 5.32 Å². The summed E-state index contributed by atoms with van der Waals surface area (Å²) < 4.78 is 0. The molecule has 1 atom stereocenters. The second-order valence-corrected chi connectivity index (χ2v) is 6.79. The molecule has 0 bridgehead atoms. The van der Waals surface area contributed by atoms with E-state index in [2.05, 4.69) is 22.4 Å². The van der Waals surface area contributed by atoms with Gasteiger partial charge in [-0.3, -0.25) is 9.78 Å². The van der Waals surface area contributed by atoms with E-state index in [0.717, 1.165) is 29.5 Å². The van der Waals surface area contributed by atoms with Crippen LogP contribution in [-0.4, -0.2) is 10.9 Å². The van der Waals surface area contributed by atoms with E-state index < -0.39 is 0 Å². The number of aryl methyl sites for hydroxylation is 2. The fourth-order valence-corrected chi connectivity index (χ4v) is 3.65. The Morgan fingerprint density at radius 1 is 0.846 bits per heavy atom. The maximum absolute atomic E-state index is 13.0. The van der Waals surface area contributed by atoms with Gasteiger partial charge in [0, 0.05) is 18.0 Å². The lowest BCUT2D eigenvalue weighted by Gasteiger charge is -2.21. The summed E-state index contributed by atoms with van der Waals surface area (Å²) in [5, 5.41) is 3.21. The van der Waals surface area contributed by atoms with E-state index in [-0.39, 0.29) is 11.9 Å². The Morgan fingerprint density at radius 3 is 2.31 bits per heavy atom. The number of pyridine rings is 1. The number of carbonyl (C=O) groups is 1. The van der Waals surface area contributed by atoms with Gasteiger partial charge in [-0.05, 0) is 72.2 Å². The number of hydrogen-bond acceptors (Lipinski definition) is 2. The zero-order valence-corrected chi connectivity index (χ0v) is 14.7. The summed E-state index contributed by atoms with van der Waals surface area (Å²) >= 11 is 0. The minimum Gasteiger partial charge on any atom is -0.341 e. The van der Waals surface area contributed by atoms with Crippen LogP contribution in [0.3, 0.4) is 0 Å². The van der Waals surface area contributed by atoms with Crippen molar-refractivity contribution in [3.05, 3.63) is 101 Å². The minimum atomic E-state index is -0.192. The summed E-state index contributed by atoms with van der Waals surface area (Å²) in [5.41, 5.74) is 5.54. The van der Waals surface area contributed by atoms with E-state index in [1.165, 1.54) is 24.0 Å². The first-order valence-corrected chi connectivity index (χ1v) is 9.19. The number of rotatable bonds is 4. The molecule has 130 valence electrons. The number of amides is 1. The molecule has 26 heavy (non-hydrogen) atoms. The molecule has 0 radical (unpaired) electrons. The molecule has 0 saturated carbocycles. The summed E-state index contributed by atoms with van der Waals surface area (Å²) in [6, 6.07) is 19.9. The molecular formula is C23H22N2O. The topological polar surface area (TPSA) is 42.0 Å². The van der Waals surface area contributed by atoms with Crippen molar-refractivity contribution >= 4 is 5.91 Å². The zero-order valence-electron chi connectivity index (χ0n) is 14.7. The summed E-state index contributed by atoms with van der Waals surface area (Å²) in [4.78, 5) is 17.1. The van der Waals surface area contributed by atoms with E-state index in [1.807, 2.05) is 48.5 Å². The monoisotopic (exact) mass is 342 g/mol. The van der Waals surface area contributed by atoms with E-state index in [9.17, 15) is 4.79 Å². The van der Waals surface area contributed by atoms with Crippen molar-refractivity contribution in [3.63, 3.8) is 0 Å². The lowest BCUT2D eigenvalue weighted by molar-refractivity contribution is 0.0943. The first-order valence-electron chi connectivity index (χ1n) is 9.19. The Morgan fingerprint density at radius 2 is 1.54 bits per heavy atom. The number of fused-ring (bicyclic) bond motifs is 1. The molecule has 3 heteroatoms. The first-order chi connectivity index (χ1) is 12.8. The maximum Gasteiger partial charge on any atom is 0.252 e. The second kappa shape index (κ2) is 7.52. The predicted octanol–water partition coefficient (Wildman–Crippen LogP) is 4.48. The van der Waals surface area contributed by atoms with Crippen molar-refractivity contribution in [1.82, 2.24) is 10.3 Å². The van der Waals surface area contributed by atoms with Crippen LogP contribution >= 0.6 is 0 Å². The van der Waals surface area contributed by atoms with Gasteiger partial charge in [0.15, 0.2) is 0 Å². The van der Waals surface area contributed by atoms with E-state index >= 15 is 0 Å². The molecule has 1 aliphatic rings. The Labute approximate surface area is 154 Å². The summed E-state index contributed by atoms with van der Waals surface area (Å²) in [5.74, 6) is -0.0379. The lowest BCUT2D eigenvalue weighted by Crippen LogP contribution is -2.29. The van der Waals surface area contributed by atoms with Crippen molar-refractivity contribution in [2.75, 3.05) is 0 Å². The maximum atomic E-state index is 13.0. The summed E-state index contributed by atoms with van der Waals surface area (Å²) in [6.45, 7) is 0. The van der Waals surface area contributed by atoms with Gasteiger partial charge in [-0.25, -0.2) is 0 Å². The third-order valence-corrected chi connectivity index (χ3v) is 5.06. The second-order valence-electron chi connectivity index (χ2n) is 6.79. The quantitative estimate of drug-likeness (QED) is 0.759. The molecule has 0 saturated heterocycles. The molecular weight excluding hydrogens is 320 g/mol. The Hall–Kier alpha value is -2.94. The third-order valence-electron chi connectivity index (χ3n) is 5.06. The number of hydrogen-bond donors (Lipinski definition) is 1. The fraction of sp³-hybridized carbons (Fsp3) is 0.217. The normalized spacial score (nSPS) is 14.3. The van der Waals surface area contributed by atoms with Crippen LogP contribution in [0.5, 0.6) is 0 Å².